The molecule has 0 aliphatic rings. The first-order chi connectivity index (χ1) is 17.7. The summed E-state index contributed by atoms with van der Waals surface area (Å²) in [7, 11) is -2.95. The molecule has 0 saturated carbocycles. The average Bonchev–Trinajstić information content (AvgIpc) is 2.92. The van der Waals surface area contributed by atoms with Crippen molar-refractivity contribution in [2.24, 2.45) is 5.73 Å². The number of fused-ring (bicyclic) bond motifs is 1. The Bertz CT molecular complexity index is 1510. The second-order valence-electron chi connectivity index (χ2n) is 8.52. The van der Waals surface area contributed by atoms with Gasteiger partial charge in [-0.2, -0.15) is 0 Å². The number of benzene rings is 4. The summed E-state index contributed by atoms with van der Waals surface area (Å²) in [6, 6.07) is 29.0. The lowest BCUT2D eigenvalue weighted by Gasteiger charge is -2.32. The largest absolute Gasteiger partial charge is 0.445 e. The van der Waals surface area contributed by atoms with Crippen molar-refractivity contribution in [3.63, 3.8) is 0 Å². The van der Waals surface area contributed by atoms with E-state index in [0.717, 1.165) is 15.8 Å². The number of nitrogens with two attached hydrogens (primary N) is 1. The minimum Gasteiger partial charge on any atom is -0.445 e. The van der Waals surface area contributed by atoms with Gasteiger partial charge >= 0.3 is 6.09 Å². The third kappa shape index (κ3) is 5.47. The van der Waals surface area contributed by atoms with E-state index >= 15 is 0 Å². The Morgan fingerprint density at radius 2 is 1.46 bits per heavy atom. The number of sulfone groups is 1. The van der Waals surface area contributed by atoms with Crippen molar-refractivity contribution in [1.29, 1.82) is 0 Å². The quantitative estimate of drug-likeness (QED) is 0.344. The van der Waals surface area contributed by atoms with Crippen molar-refractivity contribution in [3.05, 3.63) is 114 Å². The van der Waals surface area contributed by atoms with Gasteiger partial charge in [0, 0.05) is 12.6 Å². The second kappa shape index (κ2) is 10.8. The molecular weight excluding hydrogens is 490 g/mol. The van der Waals surface area contributed by atoms with Crippen LogP contribution in [0.1, 0.15) is 11.1 Å². The molecule has 0 spiro atoms. The Labute approximate surface area is 215 Å². The molecule has 4 aromatic carbocycles. The zero-order chi connectivity index (χ0) is 26.5. The fraction of sp³-hybridized carbons (Fsp3) is 0.143. The lowest BCUT2D eigenvalue weighted by molar-refractivity contribution is -0.122. The van der Waals surface area contributed by atoms with Crippen molar-refractivity contribution in [3.8, 4) is 0 Å². The summed E-state index contributed by atoms with van der Waals surface area (Å²) < 4.78 is 33.0. The highest BCUT2D eigenvalue weighted by molar-refractivity contribution is 7.92. The molecule has 9 heteroatoms. The van der Waals surface area contributed by atoms with Crippen LogP contribution < -0.4 is 11.1 Å². The number of likely N-dealkylation sites (N-methyl/N-ethyl adjacent to an activating group) is 1. The standard InChI is InChI=1S/C28H27N3O5S/c1-31(27(33)36-20-21-11-4-2-5-12-21)19-26(32)30-28(29,37(34,35)23-15-6-3-7-16-23)25-18-10-14-22-13-8-9-17-24(22)25/h2-18H,19-20,29H2,1H3,(H,30,32). The van der Waals surface area contributed by atoms with Crippen LogP contribution in [0.3, 0.4) is 0 Å². The predicted octanol–water partition coefficient (Wildman–Crippen LogP) is 3.77. The van der Waals surface area contributed by atoms with Crippen molar-refractivity contribution in [2.75, 3.05) is 13.6 Å². The summed E-state index contributed by atoms with van der Waals surface area (Å²) in [6.45, 7) is -0.438. The van der Waals surface area contributed by atoms with E-state index in [1.807, 2.05) is 36.4 Å². The number of rotatable bonds is 8. The van der Waals surface area contributed by atoms with Crippen LogP contribution in [0.5, 0.6) is 0 Å². The average molecular weight is 518 g/mol. The molecule has 1 atom stereocenters. The Balaban J connectivity index is 1.62. The van der Waals surface area contributed by atoms with Crippen LogP contribution in [0, 0.1) is 0 Å². The maximum Gasteiger partial charge on any atom is 0.410 e. The van der Waals surface area contributed by atoms with Crippen molar-refractivity contribution in [1.82, 2.24) is 10.2 Å². The molecule has 4 aromatic rings. The molecule has 0 radical (unpaired) electrons. The minimum absolute atomic E-state index is 0.0326. The van der Waals surface area contributed by atoms with E-state index in [0.29, 0.717) is 5.39 Å². The van der Waals surface area contributed by atoms with E-state index in [4.69, 9.17) is 10.5 Å². The number of carbonyl (C=O) groups excluding carboxylic acids is 2. The SMILES string of the molecule is CN(CC(=O)NC(N)(c1cccc2ccccc12)S(=O)(=O)c1ccccc1)C(=O)OCc1ccccc1. The van der Waals surface area contributed by atoms with Gasteiger partial charge in [-0.1, -0.05) is 91.0 Å². The molecule has 190 valence electrons. The maximum absolute atomic E-state index is 13.9. The fourth-order valence-electron chi connectivity index (χ4n) is 3.97. The Kier molecular flexibility index (Phi) is 7.56. The molecule has 0 fully saturated rings. The molecule has 0 saturated heterocycles. The van der Waals surface area contributed by atoms with Gasteiger partial charge in [0.1, 0.15) is 13.2 Å². The molecule has 0 aliphatic carbocycles. The summed E-state index contributed by atoms with van der Waals surface area (Å²) in [4.78, 5) is 24.3. The summed E-state index contributed by atoms with van der Waals surface area (Å²) in [5.74, 6) is -0.769. The first kappa shape index (κ1) is 25.9. The Morgan fingerprint density at radius 1 is 0.865 bits per heavy atom. The highest BCUT2D eigenvalue weighted by Gasteiger charge is 2.45. The first-order valence-corrected chi connectivity index (χ1v) is 13.0. The van der Waals surface area contributed by atoms with E-state index < -0.39 is 33.4 Å². The van der Waals surface area contributed by atoms with Gasteiger partial charge in [0.15, 0.2) is 0 Å². The molecule has 4 rings (SSSR count). The monoisotopic (exact) mass is 517 g/mol. The lowest BCUT2D eigenvalue weighted by Crippen LogP contribution is -2.60. The summed E-state index contributed by atoms with van der Waals surface area (Å²) >= 11 is 0. The smallest absolute Gasteiger partial charge is 0.410 e. The fourth-order valence-corrected chi connectivity index (χ4v) is 5.57. The highest BCUT2D eigenvalue weighted by atomic mass is 32.2. The van der Waals surface area contributed by atoms with Crippen LogP contribution in [0.15, 0.2) is 108 Å². The van der Waals surface area contributed by atoms with Crippen molar-refractivity contribution >= 4 is 32.6 Å². The van der Waals surface area contributed by atoms with Gasteiger partial charge in [0.2, 0.25) is 20.7 Å². The molecule has 0 bridgehead atoms. The van der Waals surface area contributed by atoms with E-state index in [1.165, 1.54) is 19.2 Å². The van der Waals surface area contributed by atoms with E-state index in [2.05, 4.69) is 5.32 Å². The molecule has 0 heterocycles. The molecular formula is C28H27N3O5S. The molecule has 0 aromatic heterocycles. The lowest BCUT2D eigenvalue weighted by atomic mass is 10.0. The number of nitrogens with one attached hydrogen (secondary N) is 1. The van der Waals surface area contributed by atoms with E-state index in [9.17, 15) is 18.0 Å². The van der Waals surface area contributed by atoms with Gasteiger partial charge in [-0.05, 0) is 28.5 Å². The normalized spacial score (nSPS) is 12.9. The van der Waals surface area contributed by atoms with Crippen LogP contribution in [-0.4, -0.2) is 38.9 Å². The third-order valence-corrected chi connectivity index (χ3v) is 7.95. The number of amides is 2. The van der Waals surface area contributed by atoms with E-state index in [1.54, 1.807) is 54.6 Å². The third-order valence-electron chi connectivity index (χ3n) is 5.89. The molecule has 0 aliphatic heterocycles. The van der Waals surface area contributed by atoms with Gasteiger partial charge in [-0.25, -0.2) is 13.2 Å². The molecule has 2 amide bonds. The minimum atomic E-state index is -4.33. The zero-order valence-electron chi connectivity index (χ0n) is 20.2. The summed E-state index contributed by atoms with van der Waals surface area (Å²) in [5, 5.41) is 3.83. The zero-order valence-corrected chi connectivity index (χ0v) is 21.0. The molecule has 1 unspecified atom stereocenters. The van der Waals surface area contributed by atoms with Crippen molar-refractivity contribution < 1.29 is 22.7 Å². The second-order valence-corrected chi connectivity index (χ2v) is 10.6. The highest BCUT2D eigenvalue weighted by Crippen LogP contribution is 2.33. The van der Waals surface area contributed by atoms with Crippen LogP contribution in [0.2, 0.25) is 0 Å². The van der Waals surface area contributed by atoms with Crippen LogP contribution in [-0.2, 0) is 31.0 Å². The summed E-state index contributed by atoms with van der Waals surface area (Å²) in [6.07, 6.45) is -0.738. The van der Waals surface area contributed by atoms with Gasteiger partial charge < -0.3 is 15.0 Å². The Hall–Kier alpha value is -4.21. The van der Waals surface area contributed by atoms with Crippen molar-refractivity contribution in [2.45, 2.75) is 16.5 Å². The predicted molar refractivity (Wildman–Crippen MR) is 141 cm³/mol. The topological polar surface area (TPSA) is 119 Å². The van der Waals surface area contributed by atoms with Gasteiger partial charge in [-0.15, -0.1) is 0 Å². The first-order valence-electron chi connectivity index (χ1n) is 11.5. The number of carbonyl (C=O) groups is 2. The number of hydrogen-bond acceptors (Lipinski definition) is 6. The number of hydrogen-bond donors (Lipinski definition) is 2. The molecule has 37 heavy (non-hydrogen) atoms. The van der Waals surface area contributed by atoms with Crippen LogP contribution >= 0.6 is 0 Å². The van der Waals surface area contributed by atoms with E-state index in [-0.39, 0.29) is 17.1 Å². The van der Waals surface area contributed by atoms with Crippen LogP contribution in [0.25, 0.3) is 10.8 Å². The molecule has 3 N–H and O–H groups in total. The van der Waals surface area contributed by atoms with Gasteiger partial charge in [0.05, 0.1) is 4.90 Å². The summed E-state index contributed by atoms with van der Waals surface area (Å²) in [5.41, 5.74) is 7.62. The van der Waals surface area contributed by atoms with Crippen LogP contribution in [0.4, 0.5) is 4.79 Å². The van der Waals surface area contributed by atoms with Gasteiger partial charge in [-0.3, -0.25) is 10.5 Å². The number of ether oxygens (including phenoxy) is 1. The maximum atomic E-state index is 13.9. The molecule has 8 nitrogen and oxygen atoms in total. The van der Waals surface area contributed by atoms with Gasteiger partial charge in [0.25, 0.3) is 0 Å². The Morgan fingerprint density at radius 3 is 2.16 bits per heavy atom. The number of nitrogens with zero attached hydrogens (tertiary/aromatic N) is 1.